The Kier molecular flexibility index (Phi) is 2.65. The number of nitrogens with one attached hydrogen (secondary N) is 2. The number of carboxylic acid groups (broad SMARTS) is 1. The third-order valence-corrected chi connectivity index (χ3v) is 2.26. The molecule has 0 atom stereocenters. The van der Waals surface area contributed by atoms with Crippen LogP contribution in [0.5, 0.6) is 0 Å². The van der Waals surface area contributed by atoms with Gasteiger partial charge in [0, 0.05) is 18.8 Å². The van der Waals surface area contributed by atoms with Crippen LogP contribution in [-0.4, -0.2) is 33.1 Å². The van der Waals surface area contributed by atoms with Gasteiger partial charge in [-0.25, -0.2) is 14.8 Å². The molecule has 0 saturated heterocycles. The van der Waals surface area contributed by atoms with Gasteiger partial charge >= 0.3 is 5.97 Å². The molecule has 0 aliphatic rings. The Morgan fingerprint density at radius 3 is 2.94 bits per heavy atom. The molecule has 0 unspecified atom stereocenters. The van der Waals surface area contributed by atoms with Crippen molar-refractivity contribution in [3.05, 3.63) is 24.2 Å². The minimum Gasteiger partial charge on any atom is -0.477 e. The first-order valence-corrected chi connectivity index (χ1v) is 4.84. The van der Waals surface area contributed by atoms with E-state index in [4.69, 9.17) is 10.8 Å². The van der Waals surface area contributed by atoms with Gasteiger partial charge in [-0.15, -0.1) is 0 Å². The lowest BCUT2D eigenvalue weighted by Gasteiger charge is -2.05. The summed E-state index contributed by atoms with van der Waals surface area (Å²) < 4.78 is 0. The normalized spacial score (nSPS) is 10.2. The predicted octanol–water partition coefficient (Wildman–Crippen LogP) is 0.794. The number of rotatable bonds is 3. The number of anilines is 2. The Morgan fingerprint density at radius 1 is 1.59 bits per heavy atom. The van der Waals surface area contributed by atoms with Crippen molar-refractivity contribution in [1.82, 2.24) is 15.0 Å². The zero-order chi connectivity index (χ0) is 12.4. The third kappa shape index (κ3) is 2.03. The van der Waals surface area contributed by atoms with E-state index < -0.39 is 5.97 Å². The highest BCUT2D eigenvalue weighted by atomic mass is 16.4. The molecule has 88 valence electrons. The number of nitrogens with two attached hydrogens (primary N) is 1. The Bertz CT molecular complexity index is 564. The van der Waals surface area contributed by atoms with Gasteiger partial charge in [0.2, 0.25) is 5.95 Å². The number of aromatic carboxylic acids is 1. The molecule has 0 radical (unpaired) electrons. The maximum Gasteiger partial charge on any atom is 0.352 e. The number of carboxylic acids is 1. The van der Waals surface area contributed by atoms with E-state index in [0.717, 1.165) is 0 Å². The predicted molar refractivity (Wildman–Crippen MR) is 62.7 cm³/mol. The Hall–Kier alpha value is -2.57. The van der Waals surface area contributed by atoms with E-state index in [-0.39, 0.29) is 11.6 Å². The molecule has 5 N–H and O–H groups in total. The molecule has 2 heterocycles. The molecular formula is C10H11N5O2. The van der Waals surface area contributed by atoms with E-state index in [1.54, 1.807) is 19.4 Å². The van der Waals surface area contributed by atoms with Crippen molar-refractivity contribution in [1.29, 1.82) is 0 Å². The first-order chi connectivity index (χ1) is 8.11. The van der Waals surface area contributed by atoms with Crippen LogP contribution in [0.25, 0.3) is 11.3 Å². The molecule has 0 bridgehead atoms. The largest absolute Gasteiger partial charge is 0.477 e. The van der Waals surface area contributed by atoms with Gasteiger partial charge in [-0.2, -0.15) is 0 Å². The zero-order valence-corrected chi connectivity index (χ0v) is 9.06. The van der Waals surface area contributed by atoms with Crippen LogP contribution >= 0.6 is 0 Å². The van der Waals surface area contributed by atoms with Crippen molar-refractivity contribution in [3.63, 3.8) is 0 Å². The molecule has 7 heteroatoms. The minimum atomic E-state index is -1.02. The van der Waals surface area contributed by atoms with Crippen LogP contribution < -0.4 is 11.1 Å². The fourth-order valence-corrected chi connectivity index (χ4v) is 1.45. The van der Waals surface area contributed by atoms with Crippen molar-refractivity contribution in [2.45, 2.75) is 0 Å². The second-order valence-corrected chi connectivity index (χ2v) is 3.35. The number of aromatic nitrogens is 3. The van der Waals surface area contributed by atoms with Gasteiger partial charge < -0.3 is 21.1 Å². The van der Waals surface area contributed by atoms with Crippen LogP contribution in [0.3, 0.4) is 0 Å². The Morgan fingerprint density at radius 2 is 2.35 bits per heavy atom. The highest BCUT2D eigenvalue weighted by molar-refractivity contribution is 5.88. The summed E-state index contributed by atoms with van der Waals surface area (Å²) in [6.07, 6.45) is 3.11. The fourth-order valence-electron chi connectivity index (χ4n) is 1.45. The minimum absolute atomic E-state index is 0.0965. The second-order valence-electron chi connectivity index (χ2n) is 3.35. The summed E-state index contributed by atoms with van der Waals surface area (Å²) in [5.74, 6) is -0.888. The molecule has 2 aromatic rings. The van der Waals surface area contributed by atoms with Crippen LogP contribution in [0.2, 0.25) is 0 Å². The molecule has 0 aromatic carbocycles. The lowest BCUT2D eigenvalue weighted by Crippen LogP contribution is -2.00. The molecule has 0 amide bonds. The number of nitrogens with zero attached hydrogens (tertiary/aromatic N) is 2. The van der Waals surface area contributed by atoms with Gasteiger partial charge in [0.1, 0.15) is 11.4 Å². The van der Waals surface area contributed by atoms with Crippen molar-refractivity contribution >= 4 is 17.6 Å². The van der Waals surface area contributed by atoms with Gasteiger partial charge in [0.15, 0.2) is 0 Å². The van der Waals surface area contributed by atoms with Gasteiger partial charge in [-0.05, 0) is 6.07 Å². The van der Waals surface area contributed by atoms with Crippen molar-refractivity contribution < 1.29 is 9.90 Å². The number of hydrogen-bond acceptors (Lipinski definition) is 5. The molecular weight excluding hydrogens is 222 g/mol. The number of H-pyrrole nitrogens is 1. The summed E-state index contributed by atoms with van der Waals surface area (Å²) in [5, 5.41) is 11.7. The second kappa shape index (κ2) is 4.12. The summed E-state index contributed by atoms with van der Waals surface area (Å²) in [6.45, 7) is 0. The Balaban J connectivity index is 2.51. The van der Waals surface area contributed by atoms with Crippen molar-refractivity contribution in [2.75, 3.05) is 18.1 Å². The highest BCUT2D eigenvalue weighted by Gasteiger charge is 2.12. The maximum absolute atomic E-state index is 10.8. The van der Waals surface area contributed by atoms with Crippen LogP contribution in [0.1, 0.15) is 10.5 Å². The summed E-state index contributed by atoms with van der Waals surface area (Å²) in [4.78, 5) is 21.3. The summed E-state index contributed by atoms with van der Waals surface area (Å²) >= 11 is 0. The van der Waals surface area contributed by atoms with E-state index in [9.17, 15) is 4.79 Å². The Labute approximate surface area is 96.7 Å². The highest BCUT2D eigenvalue weighted by Crippen LogP contribution is 2.26. The van der Waals surface area contributed by atoms with E-state index >= 15 is 0 Å². The van der Waals surface area contributed by atoms with Crippen LogP contribution in [0, 0.1) is 0 Å². The first kappa shape index (κ1) is 10.9. The number of carbonyl (C=O) groups is 1. The molecule has 2 aromatic heterocycles. The topological polar surface area (TPSA) is 117 Å². The van der Waals surface area contributed by atoms with Crippen LogP contribution in [0.4, 0.5) is 11.6 Å². The number of nitrogen functional groups attached to an aromatic ring is 1. The molecule has 7 nitrogen and oxygen atoms in total. The van der Waals surface area contributed by atoms with Gasteiger partial charge in [0.05, 0.1) is 11.9 Å². The lowest BCUT2D eigenvalue weighted by atomic mass is 10.2. The van der Waals surface area contributed by atoms with Gasteiger partial charge in [0.25, 0.3) is 0 Å². The van der Waals surface area contributed by atoms with Gasteiger partial charge in [-0.1, -0.05) is 0 Å². The zero-order valence-electron chi connectivity index (χ0n) is 9.06. The molecule has 0 aliphatic heterocycles. The summed E-state index contributed by atoms with van der Waals surface area (Å²) in [7, 11) is 1.73. The molecule has 17 heavy (non-hydrogen) atoms. The number of hydrogen-bond donors (Lipinski definition) is 4. The van der Waals surface area contributed by atoms with Gasteiger partial charge in [-0.3, -0.25) is 0 Å². The van der Waals surface area contributed by atoms with Crippen molar-refractivity contribution in [2.24, 2.45) is 0 Å². The summed E-state index contributed by atoms with van der Waals surface area (Å²) in [6, 6.07) is 1.49. The van der Waals surface area contributed by atoms with E-state index in [0.29, 0.717) is 16.9 Å². The first-order valence-electron chi connectivity index (χ1n) is 4.84. The van der Waals surface area contributed by atoms with Crippen molar-refractivity contribution in [3.8, 4) is 11.3 Å². The average Bonchev–Trinajstić information content (AvgIpc) is 2.78. The molecule has 0 spiro atoms. The lowest BCUT2D eigenvalue weighted by molar-refractivity contribution is 0.0691. The van der Waals surface area contributed by atoms with Crippen LogP contribution in [0.15, 0.2) is 18.5 Å². The van der Waals surface area contributed by atoms with Crippen LogP contribution in [-0.2, 0) is 0 Å². The summed E-state index contributed by atoms with van der Waals surface area (Å²) in [5.41, 5.74) is 7.48. The molecule has 2 rings (SSSR count). The SMILES string of the molecule is CNc1cnc(N)nc1-c1c[nH]c(C(=O)O)c1. The fraction of sp³-hybridized carbons (Fsp3) is 0.100. The molecule has 0 aliphatic carbocycles. The monoisotopic (exact) mass is 233 g/mol. The van der Waals surface area contributed by atoms with E-state index in [1.807, 2.05) is 0 Å². The maximum atomic E-state index is 10.8. The standard InChI is InChI=1S/C10H11N5O2/c1-12-7-4-14-10(11)15-8(7)5-2-6(9(16)17)13-3-5/h2-4,12-13H,1H3,(H,16,17)(H2,11,14,15). The number of aromatic amines is 1. The van der Waals surface area contributed by atoms with E-state index in [2.05, 4.69) is 20.3 Å². The average molecular weight is 233 g/mol. The molecule has 0 saturated carbocycles. The third-order valence-electron chi connectivity index (χ3n) is 2.26. The molecule has 0 fully saturated rings. The smallest absolute Gasteiger partial charge is 0.352 e. The quantitative estimate of drug-likeness (QED) is 0.622. The van der Waals surface area contributed by atoms with E-state index in [1.165, 1.54) is 6.07 Å².